The molecule has 88 valence electrons. The minimum atomic E-state index is -0.853. The number of rotatable bonds is 3. The lowest BCUT2D eigenvalue weighted by atomic mass is 10.0. The first-order valence-corrected chi connectivity index (χ1v) is 5.39. The zero-order valence-electron chi connectivity index (χ0n) is 9.41. The number of hydrogen-bond acceptors (Lipinski definition) is 1. The summed E-state index contributed by atoms with van der Waals surface area (Å²) in [4.78, 5) is 0. The summed E-state index contributed by atoms with van der Waals surface area (Å²) in [5, 5.41) is 0. The van der Waals surface area contributed by atoms with E-state index in [4.69, 9.17) is 4.74 Å². The Balaban J connectivity index is 2.48. The van der Waals surface area contributed by atoms with Crippen molar-refractivity contribution in [1.82, 2.24) is 0 Å². The summed E-state index contributed by atoms with van der Waals surface area (Å²) < 4.78 is 31.5. The van der Waals surface area contributed by atoms with Crippen molar-refractivity contribution in [2.24, 2.45) is 0 Å². The molecule has 0 saturated carbocycles. The molecule has 2 aromatic rings. The quantitative estimate of drug-likeness (QED) is 0.779. The maximum Gasteiger partial charge on any atom is 0.159 e. The Morgan fingerprint density at radius 1 is 1.00 bits per heavy atom. The van der Waals surface area contributed by atoms with Crippen molar-refractivity contribution in [2.45, 2.75) is 6.92 Å². The van der Waals surface area contributed by atoms with E-state index in [0.717, 1.165) is 11.6 Å². The molecule has 0 N–H and O–H groups in total. The minimum absolute atomic E-state index is 0.528. The maximum atomic E-state index is 13.2. The fourth-order valence-electron chi connectivity index (χ4n) is 1.65. The lowest BCUT2D eigenvalue weighted by Gasteiger charge is -2.10. The molecule has 0 saturated heterocycles. The SMILES string of the molecule is CCOc1ccccc1-c1ccc(F)c(F)c1. The standard InChI is InChI=1S/C14H12F2O/c1-2-17-14-6-4-3-5-11(14)10-7-8-12(15)13(16)9-10/h3-9H,2H2,1H3. The van der Waals surface area contributed by atoms with Crippen molar-refractivity contribution in [3.8, 4) is 16.9 Å². The van der Waals surface area contributed by atoms with Crippen LogP contribution in [0, 0.1) is 11.6 Å². The van der Waals surface area contributed by atoms with Crippen LogP contribution < -0.4 is 4.74 Å². The van der Waals surface area contributed by atoms with Gasteiger partial charge in [0.1, 0.15) is 5.75 Å². The van der Waals surface area contributed by atoms with Crippen LogP contribution in [0.2, 0.25) is 0 Å². The van der Waals surface area contributed by atoms with Crippen molar-refractivity contribution in [2.75, 3.05) is 6.61 Å². The van der Waals surface area contributed by atoms with E-state index in [0.29, 0.717) is 17.9 Å². The predicted molar refractivity (Wildman–Crippen MR) is 63.0 cm³/mol. The highest BCUT2D eigenvalue weighted by atomic mass is 19.2. The molecule has 0 atom stereocenters. The van der Waals surface area contributed by atoms with Crippen LogP contribution in [0.4, 0.5) is 8.78 Å². The molecule has 0 spiro atoms. The number of hydrogen-bond donors (Lipinski definition) is 0. The highest BCUT2D eigenvalue weighted by molar-refractivity contribution is 5.70. The molecule has 1 nitrogen and oxygen atoms in total. The van der Waals surface area contributed by atoms with Gasteiger partial charge in [0.2, 0.25) is 0 Å². The lowest BCUT2D eigenvalue weighted by molar-refractivity contribution is 0.341. The highest BCUT2D eigenvalue weighted by Gasteiger charge is 2.08. The van der Waals surface area contributed by atoms with E-state index < -0.39 is 11.6 Å². The van der Waals surface area contributed by atoms with Gasteiger partial charge in [-0.05, 0) is 30.7 Å². The van der Waals surface area contributed by atoms with Gasteiger partial charge in [0.05, 0.1) is 6.61 Å². The van der Waals surface area contributed by atoms with Crippen molar-refractivity contribution in [3.05, 3.63) is 54.1 Å². The van der Waals surface area contributed by atoms with Crippen LogP contribution in [-0.4, -0.2) is 6.61 Å². The Hall–Kier alpha value is -1.90. The Labute approximate surface area is 98.7 Å². The number of para-hydroxylation sites is 1. The second-order valence-electron chi connectivity index (χ2n) is 3.56. The Bertz CT molecular complexity index is 523. The van der Waals surface area contributed by atoms with Crippen LogP contribution in [0.15, 0.2) is 42.5 Å². The van der Waals surface area contributed by atoms with E-state index in [1.807, 2.05) is 25.1 Å². The second-order valence-corrected chi connectivity index (χ2v) is 3.56. The Kier molecular flexibility index (Phi) is 3.38. The molecule has 0 fully saturated rings. The fourth-order valence-corrected chi connectivity index (χ4v) is 1.65. The molecular weight excluding hydrogens is 222 g/mol. The van der Waals surface area contributed by atoms with E-state index in [2.05, 4.69) is 0 Å². The first kappa shape index (κ1) is 11.6. The van der Waals surface area contributed by atoms with Gasteiger partial charge in [-0.2, -0.15) is 0 Å². The van der Waals surface area contributed by atoms with E-state index in [1.54, 1.807) is 6.07 Å². The van der Waals surface area contributed by atoms with Crippen molar-refractivity contribution >= 4 is 0 Å². The molecule has 0 amide bonds. The van der Waals surface area contributed by atoms with Gasteiger partial charge in [0.15, 0.2) is 11.6 Å². The largest absolute Gasteiger partial charge is 0.493 e. The zero-order chi connectivity index (χ0) is 12.3. The minimum Gasteiger partial charge on any atom is -0.493 e. The molecule has 0 aliphatic carbocycles. The van der Waals surface area contributed by atoms with Gasteiger partial charge >= 0.3 is 0 Å². The highest BCUT2D eigenvalue weighted by Crippen LogP contribution is 2.30. The monoisotopic (exact) mass is 234 g/mol. The molecule has 0 heterocycles. The predicted octanol–water partition coefficient (Wildman–Crippen LogP) is 4.03. The van der Waals surface area contributed by atoms with E-state index >= 15 is 0 Å². The molecule has 0 aliphatic heterocycles. The lowest BCUT2D eigenvalue weighted by Crippen LogP contribution is -1.94. The third kappa shape index (κ3) is 2.44. The van der Waals surface area contributed by atoms with Crippen LogP contribution in [0.25, 0.3) is 11.1 Å². The van der Waals surface area contributed by atoms with E-state index in [-0.39, 0.29) is 0 Å². The van der Waals surface area contributed by atoms with Gasteiger partial charge in [-0.25, -0.2) is 8.78 Å². The van der Waals surface area contributed by atoms with Gasteiger partial charge in [-0.3, -0.25) is 0 Å². The molecule has 0 unspecified atom stereocenters. The first-order valence-electron chi connectivity index (χ1n) is 5.39. The second kappa shape index (κ2) is 4.95. The molecule has 2 aromatic carbocycles. The maximum absolute atomic E-state index is 13.2. The van der Waals surface area contributed by atoms with Crippen molar-refractivity contribution in [1.29, 1.82) is 0 Å². The van der Waals surface area contributed by atoms with Gasteiger partial charge < -0.3 is 4.74 Å². The Morgan fingerprint density at radius 3 is 2.47 bits per heavy atom. The van der Waals surface area contributed by atoms with Crippen LogP contribution in [-0.2, 0) is 0 Å². The third-order valence-electron chi connectivity index (χ3n) is 2.42. The van der Waals surface area contributed by atoms with E-state index in [9.17, 15) is 8.78 Å². The molecule has 0 bridgehead atoms. The topological polar surface area (TPSA) is 9.23 Å². The van der Waals surface area contributed by atoms with Crippen LogP contribution in [0.1, 0.15) is 6.92 Å². The van der Waals surface area contributed by atoms with Gasteiger partial charge in [0, 0.05) is 5.56 Å². The molecular formula is C14H12F2O. The van der Waals surface area contributed by atoms with Crippen molar-refractivity contribution < 1.29 is 13.5 Å². The molecule has 0 aliphatic rings. The number of benzene rings is 2. The first-order chi connectivity index (χ1) is 8.22. The summed E-state index contributed by atoms with van der Waals surface area (Å²) in [6.45, 7) is 2.41. The van der Waals surface area contributed by atoms with Gasteiger partial charge in [-0.1, -0.05) is 24.3 Å². The molecule has 0 radical (unpaired) electrons. The summed E-state index contributed by atoms with van der Waals surface area (Å²) >= 11 is 0. The van der Waals surface area contributed by atoms with Gasteiger partial charge in [-0.15, -0.1) is 0 Å². The van der Waals surface area contributed by atoms with Crippen LogP contribution in [0.3, 0.4) is 0 Å². The Morgan fingerprint density at radius 2 is 1.76 bits per heavy atom. The summed E-state index contributed by atoms with van der Waals surface area (Å²) in [6, 6.07) is 11.1. The van der Waals surface area contributed by atoms with Crippen LogP contribution >= 0.6 is 0 Å². The van der Waals surface area contributed by atoms with Crippen molar-refractivity contribution in [3.63, 3.8) is 0 Å². The van der Waals surface area contributed by atoms with Crippen LogP contribution in [0.5, 0.6) is 5.75 Å². The fraction of sp³-hybridized carbons (Fsp3) is 0.143. The van der Waals surface area contributed by atoms with Gasteiger partial charge in [0.25, 0.3) is 0 Å². The summed E-state index contributed by atoms with van der Waals surface area (Å²) in [6.07, 6.45) is 0. The zero-order valence-corrected chi connectivity index (χ0v) is 9.41. The summed E-state index contributed by atoms with van der Waals surface area (Å²) in [5.41, 5.74) is 1.36. The number of ether oxygens (including phenoxy) is 1. The van der Waals surface area contributed by atoms with E-state index in [1.165, 1.54) is 12.1 Å². The normalized spacial score (nSPS) is 10.3. The third-order valence-corrected chi connectivity index (χ3v) is 2.42. The smallest absolute Gasteiger partial charge is 0.159 e. The molecule has 0 aromatic heterocycles. The summed E-state index contributed by atoms with van der Waals surface area (Å²) in [7, 11) is 0. The molecule has 3 heteroatoms. The number of halogens is 2. The average Bonchev–Trinajstić information content (AvgIpc) is 2.34. The molecule has 17 heavy (non-hydrogen) atoms. The molecule has 2 rings (SSSR count). The average molecular weight is 234 g/mol. The summed E-state index contributed by atoms with van der Waals surface area (Å²) in [5.74, 6) is -1.03.